The Morgan fingerprint density at radius 1 is 1.12 bits per heavy atom. The van der Waals surface area contributed by atoms with E-state index < -0.39 is 59.6 Å². The minimum Gasteiger partial charge on any atom is -0.455 e. The van der Waals surface area contributed by atoms with E-state index in [1.807, 2.05) is 57.2 Å². The van der Waals surface area contributed by atoms with Gasteiger partial charge in [0, 0.05) is 25.8 Å². The normalized spacial score (nSPS) is 25.1. The molecule has 0 saturated carbocycles. The van der Waals surface area contributed by atoms with E-state index in [0.717, 1.165) is 16.8 Å². The van der Waals surface area contributed by atoms with Crippen molar-refractivity contribution in [2.45, 2.75) is 88.8 Å². The molecule has 3 fully saturated rings. The molecule has 3 aliphatic rings. The summed E-state index contributed by atoms with van der Waals surface area (Å²) in [5.41, 5.74) is 1.82. The Kier molecular flexibility index (Phi) is 12.2. The number of aliphatic hydroxyl groups is 1. The molecule has 0 radical (unpaired) electrons. The zero-order valence-electron chi connectivity index (χ0n) is 30.1. The van der Waals surface area contributed by atoms with Crippen LogP contribution >= 0.6 is 0 Å². The predicted molar refractivity (Wildman–Crippen MR) is 193 cm³/mol. The fourth-order valence-corrected chi connectivity index (χ4v) is 8.37. The maximum absolute atomic E-state index is 15.0. The van der Waals surface area contributed by atoms with Crippen LogP contribution in [0.2, 0.25) is 0 Å². The Hall–Kier alpha value is -4.32. The van der Waals surface area contributed by atoms with Crippen LogP contribution in [0.5, 0.6) is 0 Å². The Balaban J connectivity index is 1.54. The summed E-state index contributed by atoms with van der Waals surface area (Å²) in [4.78, 5) is 60.2. The van der Waals surface area contributed by atoms with Gasteiger partial charge in [-0.15, -0.1) is 13.2 Å². The molecule has 3 aliphatic heterocycles. The van der Waals surface area contributed by atoms with Crippen molar-refractivity contribution in [1.29, 1.82) is 0 Å². The molecule has 2 aromatic carbocycles. The Labute approximate surface area is 300 Å². The van der Waals surface area contributed by atoms with Crippen LogP contribution < -0.4 is 10.2 Å². The highest BCUT2D eigenvalue weighted by molar-refractivity contribution is 6.05. The summed E-state index contributed by atoms with van der Waals surface area (Å²) in [6, 6.07) is 12.4. The number of carbonyl (C=O) groups excluding carboxylic acids is 4. The first-order chi connectivity index (χ1) is 24.6. The lowest BCUT2D eigenvalue weighted by atomic mass is 9.70. The predicted octanol–water partition coefficient (Wildman–Crippen LogP) is 4.35. The third-order valence-electron chi connectivity index (χ3n) is 10.6. The standard InChI is InChI=1S/C40H51N3O8/c1-7-10-19-31(45)41-29(24-49-6)35(27-17-12-11-13-18-27)50-39(48)32-30-20-21-40(51-30)33(32)37(46)43(28(9-3)23-44)36(40)38(47)42(22-8-2)34-25(4)15-14-16-26(34)5/h7-8,11-18,28-30,32-33,35-36,44H,1-2,9-10,19-24H2,3-6H3,(H,41,45)/t28-,29-,30-,32+,33+,35-,36-,40+/m0/s1. The van der Waals surface area contributed by atoms with E-state index in [0.29, 0.717) is 31.2 Å². The van der Waals surface area contributed by atoms with Gasteiger partial charge in [0.2, 0.25) is 11.8 Å². The molecule has 3 saturated heterocycles. The zero-order valence-corrected chi connectivity index (χ0v) is 30.1. The molecule has 0 unspecified atom stereocenters. The van der Waals surface area contributed by atoms with Gasteiger partial charge in [0.1, 0.15) is 17.7 Å². The van der Waals surface area contributed by atoms with Crippen molar-refractivity contribution in [3.05, 3.63) is 90.5 Å². The molecule has 274 valence electrons. The van der Waals surface area contributed by atoms with Gasteiger partial charge in [0.15, 0.2) is 0 Å². The molecule has 11 heteroatoms. The summed E-state index contributed by atoms with van der Waals surface area (Å²) in [5, 5.41) is 13.5. The van der Waals surface area contributed by atoms with Crippen LogP contribution in [0.15, 0.2) is 73.8 Å². The first kappa shape index (κ1) is 37.9. The lowest BCUT2D eigenvalue weighted by Gasteiger charge is -2.39. The molecule has 2 bridgehead atoms. The summed E-state index contributed by atoms with van der Waals surface area (Å²) >= 11 is 0. The van der Waals surface area contributed by atoms with Gasteiger partial charge >= 0.3 is 5.97 Å². The number of hydrogen-bond donors (Lipinski definition) is 2. The van der Waals surface area contributed by atoms with E-state index >= 15 is 0 Å². The van der Waals surface area contributed by atoms with Crippen molar-refractivity contribution >= 4 is 29.4 Å². The number of carbonyl (C=O) groups is 4. The van der Waals surface area contributed by atoms with Gasteiger partial charge in [-0.1, -0.05) is 67.6 Å². The molecule has 51 heavy (non-hydrogen) atoms. The molecule has 5 rings (SSSR count). The number of rotatable bonds is 17. The van der Waals surface area contributed by atoms with Crippen molar-refractivity contribution in [2.24, 2.45) is 11.8 Å². The lowest BCUT2D eigenvalue weighted by molar-refractivity contribution is -0.163. The van der Waals surface area contributed by atoms with Gasteiger partial charge in [-0.05, 0) is 56.2 Å². The number of ether oxygens (including phenoxy) is 3. The molecule has 3 heterocycles. The Morgan fingerprint density at radius 2 is 1.82 bits per heavy atom. The van der Waals surface area contributed by atoms with Gasteiger partial charge in [-0.3, -0.25) is 19.2 Å². The van der Waals surface area contributed by atoms with Crippen molar-refractivity contribution in [2.75, 3.05) is 31.8 Å². The molecule has 1 spiro atoms. The Bertz CT molecular complexity index is 1590. The van der Waals surface area contributed by atoms with Crippen molar-refractivity contribution in [1.82, 2.24) is 10.2 Å². The number of para-hydroxylation sites is 1. The third kappa shape index (κ3) is 7.11. The van der Waals surface area contributed by atoms with E-state index in [2.05, 4.69) is 18.5 Å². The Morgan fingerprint density at radius 3 is 2.43 bits per heavy atom. The monoisotopic (exact) mass is 701 g/mol. The third-order valence-corrected chi connectivity index (χ3v) is 10.6. The van der Waals surface area contributed by atoms with Gasteiger partial charge in [-0.2, -0.15) is 0 Å². The van der Waals surface area contributed by atoms with Crippen LogP contribution in [0, 0.1) is 25.7 Å². The van der Waals surface area contributed by atoms with E-state index in [4.69, 9.17) is 14.2 Å². The van der Waals surface area contributed by atoms with Gasteiger partial charge < -0.3 is 34.4 Å². The fraction of sp³-hybridized carbons (Fsp3) is 0.500. The molecule has 2 N–H and O–H groups in total. The van der Waals surface area contributed by atoms with Crippen LogP contribution in [-0.4, -0.2) is 90.4 Å². The van der Waals surface area contributed by atoms with Gasteiger partial charge in [-0.25, -0.2) is 0 Å². The lowest BCUT2D eigenvalue weighted by Crippen LogP contribution is -2.59. The number of methoxy groups -OCH3 is 1. The SMILES string of the molecule is C=CCCC(=O)N[C@@H](COC)[C@@H](OC(=O)[C@@H]1[C@@H]2CC[C@]3(O2)[C@H](C(=O)N(CC=C)c2c(C)cccc2C)N([C@@H](CC)CO)C(=O)[C@@H]13)c1ccccc1. The summed E-state index contributed by atoms with van der Waals surface area (Å²) < 4.78 is 18.5. The minimum absolute atomic E-state index is 0.0556. The summed E-state index contributed by atoms with van der Waals surface area (Å²) in [6.45, 7) is 13.2. The number of allylic oxidation sites excluding steroid dienone is 1. The van der Waals surface area contributed by atoms with E-state index in [1.54, 1.807) is 29.2 Å². The highest BCUT2D eigenvalue weighted by Crippen LogP contribution is 2.59. The van der Waals surface area contributed by atoms with Crippen LogP contribution in [0.3, 0.4) is 0 Å². The number of nitrogens with zero attached hydrogens (tertiary/aromatic N) is 2. The molecule has 3 amide bonds. The number of hydrogen-bond acceptors (Lipinski definition) is 8. The van der Waals surface area contributed by atoms with Crippen LogP contribution in [0.4, 0.5) is 5.69 Å². The maximum atomic E-state index is 15.0. The van der Waals surface area contributed by atoms with Crippen molar-refractivity contribution in [3.63, 3.8) is 0 Å². The average Bonchev–Trinajstić information content (AvgIpc) is 3.77. The smallest absolute Gasteiger partial charge is 0.313 e. The van der Waals surface area contributed by atoms with E-state index in [-0.39, 0.29) is 38.0 Å². The number of likely N-dealkylation sites (tertiary alicyclic amines) is 1. The molecular weight excluding hydrogens is 650 g/mol. The second-order valence-corrected chi connectivity index (χ2v) is 13.7. The summed E-state index contributed by atoms with van der Waals surface area (Å²) in [6.07, 6.45) is 3.59. The van der Waals surface area contributed by atoms with Crippen LogP contribution in [-0.2, 0) is 33.4 Å². The highest BCUT2D eigenvalue weighted by Gasteiger charge is 2.75. The van der Waals surface area contributed by atoms with Gasteiger partial charge in [0.25, 0.3) is 5.91 Å². The van der Waals surface area contributed by atoms with Crippen LogP contribution in [0.25, 0.3) is 0 Å². The van der Waals surface area contributed by atoms with Gasteiger partial charge in [0.05, 0.1) is 43.2 Å². The largest absolute Gasteiger partial charge is 0.455 e. The second-order valence-electron chi connectivity index (χ2n) is 13.7. The zero-order chi connectivity index (χ0) is 36.9. The average molecular weight is 702 g/mol. The number of fused-ring (bicyclic) bond motifs is 1. The maximum Gasteiger partial charge on any atom is 0.313 e. The summed E-state index contributed by atoms with van der Waals surface area (Å²) in [5.74, 6) is -3.70. The number of benzene rings is 2. The molecule has 2 aromatic rings. The number of esters is 1. The number of aliphatic hydroxyl groups excluding tert-OH is 1. The van der Waals surface area contributed by atoms with Crippen molar-refractivity contribution < 1.29 is 38.5 Å². The van der Waals surface area contributed by atoms with Crippen LogP contribution in [0.1, 0.15) is 61.8 Å². The molecule has 0 aromatic heterocycles. The van der Waals surface area contributed by atoms with Crippen molar-refractivity contribution in [3.8, 4) is 0 Å². The number of anilines is 1. The van der Waals surface area contributed by atoms with E-state index in [1.165, 1.54) is 12.0 Å². The highest BCUT2D eigenvalue weighted by atomic mass is 16.6. The number of nitrogens with one attached hydrogen (secondary N) is 1. The topological polar surface area (TPSA) is 135 Å². The number of aryl methyl sites for hydroxylation is 2. The quantitative estimate of drug-likeness (QED) is 0.184. The first-order valence-electron chi connectivity index (χ1n) is 17.8. The first-order valence-corrected chi connectivity index (χ1v) is 17.8. The number of amides is 3. The fourth-order valence-electron chi connectivity index (χ4n) is 8.37. The second kappa shape index (κ2) is 16.4. The molecule has 0 aliphatic carbocycles. The van der Waals surface area contributed by atoms with E-state index in [9.17, 15) is 24.3 Å². The summed E-state index contributed by atoms with van der Waals surface area (Å²) in [7, 11) is 1.50. The molecule has 11 nitrogen and oxygen atoms in total. The molecular formula is C40H51N3O8. The molecule has 8 atom stereocenters. The minimum atomic E-state index is -1.31.